The van der Waals surface area contributed by atoms with Gasteiger partial charge in [0.2, 0.25) is 0 Å². The normalized spacial score (nSPS) is 22.2. The van der Waals surface area contributed by atoms with E-state index in [-0.39, 0.29) is 23.4 Å². The topological polar surface area (TPSA) is 64.8 Å². The van der Waals surface area contributed by atoms with E-state index in [0.29, 0.717) is 18.8 Å². The molecule has 6 heteroatoms. The highest BCUT2D eigenvalue weighted by Gasteiger charge is 2.29. The Balaban J connectivity index is 2.43. The second-order valence-electron chi connectivity index (χ2n) is 5.24. The number of nitrogen functional groups attached to an aromatic ring is 1. The first-order valence-electron chi connectivity index (χ1n) is 7.03. The lowest BCUT2D eigenvalue weighted by Gasteiger charge is -2.40. The minimum absolute atomic E-state index is 0.00586. The van der Waals surface area contributed by atoms with Crippen molar-refractivity contribution < 1.29 is 18.7 Å². The molecule has 0 bridgehead atoms. The molecular formula is C15H21FN2O3. The van der Waals surface area contributed by atoms with Crippen LogP contribution in [0.5, 0.6) is 0 Å². The highest BCUT2D eigenvalue weighted by molar-refractivity contribution is 5.96. The number of hydrogen-bond donors (Lipinski definition) is 1. The van der Waals surface area contributed by atoms with Gasteiger partial charge in [0.25, 0.3) is 0 Å². The molecule has 2 N–H and O–H groups in total. The van der Waals surface area contributed by atoms with E-state index in [0.717, 1.165) is 6.42 Å². The van der Waals surface area contributed by atoms with Gasteiger partial charge >= 0.3 is 5.97 Å². The molecule has 21 heavy (non-hydrogen) atoms. The van der Waals surface area contributed by atoms with Crippen molar-refractivity contribution in [1.82, 2.24) is 0 Å². The average molecular weight is 296 g/mol. The lowest BCUT2D eigenvalue weighted by atomic mass is 10.1. The SMILES string of the molecule is CCC1COC(C)CN1c1cc(C(=O)OC)c(N)cc1F. The summed E-state index contributed by atoms with van der Waals surface area (Å²) in [6, 6.07) is 2.72. The van der Waals surface area contributed by atoms with E-state index in [4.69, 9.17) is 10.5 Å². The molecule has 1 aliphatic rings. The van der Waals surface area contributed by atoms with Crippen LogP contribution >= 0.6 is 0 Å². The number of carbonyl (C=O) groups is 1. The van der Waals surface area contributed by atoms with Crippen LogP contribution in [0, 0.1) is 5.82 Å². The summed E-state index contributed by atoms with van der Waals surface area (Å²) in [6.07, 6.45) is 0.829. The minimum atomic E-state index is -0.567. The fourth-order valence-corrected chi connectivity index (χ4v) is 2.56. The lowest BCUT2D eigenvalue weighted by Crippen LogP contribution is -2.49. The first-order chi connectivity index (χ1) is 9.97. The number of morpholine rings is 1. The zero-order valence-corrected chi connectivity index (χ0v) is 12.6. The second-order valence-corrected chi connectivity index (χ2v) is 5.24. The fourth-order valence-electron chi connectivity index (χ4n) is 2.56. The zero-order valence-electron chi connectivity index (χ0n) is 12.6. The number of methoxy groups -OCH3 is 1. The van der Waals surface area contributed by atoms with Gasteiger partial charge in [-0.15, -0.1) is 0 Å². The van der Waals surface area contributed by atoms with Crippen molar-refractivity contribution in [3.05, 3.63) is 23.5 Å². The van der Waals surface area contributed by atoms with Crippen LogP contribution < -0.4 is 10.6 Å². The van der Waals surface area contributed by atoms with E-state index >= 15 is 0 Å². The molecule has 2 rings (SSSR count). The summed E-state index contributed by atoms with van der Waals surface area (Å²) >= 11 is 0. The Bertz CT molecular complexity index is 536. The molecule has 1 heterocycles. The number of anilines is 2. The molecule has 1 aromatic rings. The molecule has 2 unspecified atom stereocenters. The fraction of sp³-hybridized carbons (Fsp3) is 0.533. The molecule has 0 amide bonds. The summed E-state index contributed by atoms with van der Waals surface area (Å²) < 4.78 is 24.6. The summed E-state index contributed by atoms with van der Waals surface area (Å²) in [6.45, 7) is 5.07. The van der Waals surface area contributed by atoms with Gasteiger partial charge in [0, 0.05) is 12.2 Å². The highest BCUT2D eigenvalue weighted by Crippen LogP contribution is 2.30. The Morgan fingerprint density at radius 1 is 1.57 bits per heavy atom. The molecule has 1 fully saturated rings. The summed E-state index contributed by atoms with van der Waals surface area (Å²) in [5.41, 5.74) is 6.34. The van der Waals surface area contributed by atoms with E-state index in [1.165, 1.54) is 19.2 Å². The van der Waals surface area contributed by atoms with Crippen molar-refractivity contribution in [1.29, 1.82) is 0 Å². The second kappa shape index (κ2) is 6.30. The van der Waals surface area contributed by atoms with Gasteiger partial charge in [-0.25, -0.2) is 9.18 Å². The minimum Gasteiger partial charge on any atom is -0.465 e. The number of halogens is 1. The molecule has 0 aliphatic carbocycles. The smallest absolute Gasteiger partial charge is 0.340 e. The van der Waals surface area contributed by atoms with E-state index in [1.807, 2.05) is 18.7 Å². The van der Waals surface area contributed by atoms with Crippen LogP contribution in [0.15, 0.2) is 12.1 Å². The maximum absolute atomic E-state index is 14.3. The molecule has 0 radical (unpaired) electrons. The Kier molecular flexibility index (Phi) is 4.67. The van der Waals surface area contributed by atoms with Gasteiger partial charge in [0.1, 0.15) is 5.82 Å². The van der Waals surface area contributed by atoms with Gasteiger partial charge in [0.05, 0.1) is 37.1 Å². The van der Waals surface area contributed by atoms with Crippen molar-refractivity contribution in [2.45, 2.75) is 32.4 Å². The number of esters is 1. The first-order valence-corrected chi connectivity index (χ1v) is 7.03. The molecule has 0 spiro atoms. The van der Waals surface area contributed by atoms with Crippen LogP contribution in [0.2, 0.25) is 0 Å². The zero-order chi connectivity index (χ0) is 15.6. The van der Waals surface area contributed by atoms with Gasteiger partial charge in [-0.3, -0.25) is 0 Å². The summed E-state index contributed by atoms with van der Waals surface area (Å²) in [5, 5.41) is 0. The highest BCUT2D eigenvalue weighted by atomic mass is 19.1. The molecule has 5 nitrogen and oxygen atoms in total. The Morgan fingerprint density at radius 3 is 2.90 bits per heavy atom. The number of nitrogens with zero attached hydrogens (tertiary/aromatic N) is 1. The number of benzene rings is 1. The van der Waals surface area contributed by atoms with E-state index in [9.17, 15) is 9.18 Å². The van der Waals surface area contributed by atoms with Crippen LogP contribution in [-0.4, -0.2) is 38.4 Å². The quantitative estimate of drug-likeness (QED) is 0.684. The van der Waals surface area contributed by atoms with Crippen molar-refractivity contribution in [3.63, 3.8) is 0 Å². The maximum Gasteiger partial charge on any atom is 0.340 e. The van der Waals surface area contributed by atoms with Crippen LogP contribution in [0.4, 0.5) is 15.8 Å². The maximum atomic E-state index is 14.3. The summed E-state index contributed by atoms with van der Waals surface area (Å²) in [7, 11) is 1.27. The van der Waals surface area contributed by atoms with E-state index < -0.39 is 11.8 Å². The van der Waals surface area contributed by atoms with Crippen LogP contribution in [-0.2, 0) is 9.47 Å². The monoisotopic (exact) mass is 296 g/mol. The van der Waals surface area contributed by atoms with Crippen LogP contribution in [0.25, 0.3) is 0 Å². The third kappa shape index (κ3) is 3.10. The molecule has 0 saturated carbocycles. The Labute approximate surface area is 123 Å². The number of carbonyl (C=O) groups excluding carboxylic acids is 1. The third-order valence-electron chi connectivity index (χ3n) is 3.77. The lowest BCUT2D eigenvalue weighted by molar-refractivity contribution is 0.0297. The number of ether oxygens (including phenoxy) is 2. The first kappa shape index (κ1) is 15.6. The Hall–Kier alpha value is -1.82. The standard InChI is InChI=1S/C15H21FN2O3/c1-4-10-8-21-9(2)7-18(10)14-5-11(15(19)20-3)13(17)6-12(14)16/h5-6,9-10H,4,7-8,17H2,1-3H3. The predicted octanol–water partition coefficient (Wildman–Crippen LogP) is 2.20. The van der Waals surface area contributed by atoms with Crippen LogP contribution in [0.1, 0.15) is 30.6 Å². The molecular weight excluding hydrogens is 275 g/mol. The van der Waals surface area contributed by atoms with Crippen molar-refractivity contribution in [2.75, 3.05) is 30.9 Å². The Morgan fingerprint density at radius 2 is 2.29 bits per heavy atom. The number of nitrogens with two attached hydrogens (primary N) is 1. The molecule has 116 valence electrons. The van der Waals surface area contributed by atoms with E-state index in [1.54, 1.807) is 0 Å². The number of hydrogen-bond acceptors (Lipinski definition) is 5. The van der Waals surface area contributed by atoms with Crippen molar-refractivity contribution in [3.8, 4) is 0 Å². The molecule has 1 aromatic carbocycles. The van der Waals surface area contributed by atoms with E-state index in [2.05, 4.69) is 4.74 Å². The average Bonchev–Trinajstić information content (AvgIpc) is 2.46. The molecule has 0 aromatic heterocycles. The predicted molar refractivity (Wildman–Crippen MR) is 79.0 cm³/mol. The van der Waals surface area contributed by atoms with Gasteiger partial charge in [-0.1, -0.05) is 6.92 Å². The van der Waals surface area contributed by atoms with Crippen LogP contribution in [0.3, 0.4) is 0 Å². The largest absolute Gasteiger partial charge is 0.465 e. The summed E-state index contributed by atoms with van der Waals surface area (Å²) in [4.78, 5) is 13.7. The van der Waals surface area contributed by atoms with Gasteiger partial charge in [-0.05, 0) is 25.5 Å². The van der Waals surface area contributed by atoms with Gasteiger partial charge in [0.15, 0.2) is 0 Å². The summed E-state index contributed by atoms with van der Waals surface area (Å²) in [5.74, 6) is -1.00. The van der Waals surface area contributed by atoms with Crippen molar-refractivity contribution in [2.24, 2.45) is 0 Å². The third-order valence-corrected chi connectivity index (χ3v) is 3.77. The number of rotatable bonds is 3. The molecule has 1 saturated heterocycles. The van der Waals surface area contributed by atoms with Gasteiger partial charge < -0.3 is 20.1 Å². The van der Waals surface area contributed by atoms with Crippen molar-refractivity contribution >= 4 is 17.3 Å². The van der Waals surface area contributed by atoms with Gasteiger partial charge in [-0.2, -0.15) is 0 Å². The molecule has 1 aliphatic heterocycles. The molecule has 2 atom stereocenters.